The third-order valence-electron chi connectivity index (χ3n) is 3.11. The van der Waals surface area contributed by atoms with Crippen molar-refractivity contribution in [3.63, 3.8) is 0 Å². The highest BCUT2D eigenvalue weighted by atomic mass is 32.1. The van der Waals surface area contributed by atoms with Crippen LogP contribution >= 0.6 is 24.8 Å². The number of carbonyl (C=O) groups is 2. The summed E-state index contributed by atoms with van der Waals surface area (Å²) < 4.78 is 9.73. The van der Waals surface area contributed by atoms with Gasteiger partial charge < -0.3 is 20.9 Å². The minimum Gasteiger partial charge on any atom is -0.475 e. The van der Waals surface area contributed by atoms with E-state index in [1.807, 2.05) is 76.2 Å². The summed E-state index contributed by atoms with van der Waals surface area (Å²) in [5.74, 6) is -0.284. The number of esters is 1. The lowest BCUT2D eigenvalue weighted by Gasteiger charge is -2.20. The molecule has 0 spiro atoms. The Bertz CT molecular complexity index is 812. The first-order valence-electron chi connectivity index (χ1n) is 8.58. The Morgan fingerprint density at radius 2 is 1.45 bits per heavy atom. The summed E-state index contributed by atoms with van der Waals surface area (Å²) in [5.41, 5.74) is 12.4. The van der Waals surface area contributed by atoms with E-state index in [0.29, 0.717) is 5.56 Å². The lowest BCUT2D eigenvalue weighted by molar-refractivity contribution is 0.00704. The van der Waals surface area contributed by atoms with Gasteiger partial charge in [-0.2, -0.15) is 0 Å². The van der Waals surface area contributed by atoms with Gasteiger partial charge in [0.2, 0.25) is 0 Å². The Kier molecular flexibility index (Phi) is 11.7. The summed E-state index contributed by atoms with van der Waals surface area (Å²) in [5, 5.41) is -0.551. The first kappa shape index (κ1) is 26.4. The number of primary amides is 1. The number of hydrogen-bond acceptors (Lipinski definition) is 5. The van der Waals surface area contributed by atoms with Crippen molar-refractivity contribution in [1.29, 1.82) is 0 Å². The second-order valence-corrected chi connectivity index (χ2v) is 7.62. The Labute approximate surface area is 183 Å². The molecule has 1 amide bonds. The van der Waals surface area contributed by atoms with Gasteiger partial charge in [0, 0.05) is 0 Å². The molecule has 0 radical (unpaired) electrons. The monoisotopic (exact) mass is 436 g/mol. The van der Waals surface area contributed by atoms with Gasteiger partial charge in [0.1, 0.15) is 5.60 Å². The highest BCUT2D eigenvalue weighted by Crippen LogP contribution is 2.25. The normalized spacial score (nSPS) is 9.72. The molecule has 0 bridgehead atoms. The predicted molar refractivity (Wildman–Crippen MR) is 124 cm³/mol. The number of thiocarbonyl (C=S) groups is 1. The number of amides is 1. The zero-order valence-electron chi connectivity index (χ0n) is 17.3. The fraction of sp³-hybridized carbons (Fsp3) is 0.286. The van der Waals surface area contributed by atoms with Crippen LogP contribution < -0.4 is 11.5 Å². The van der Waals surface area contributed by atoms with Crippen LogP contribution in [0.1, 0.15) is 36.7 Å². The van der Waals surface area contributed by atoms with Gasteiger partial charge in [-0.05, 0) is 57.1 Å². The Morgan fingerprint density at radius 3 is 1.86 bits per heavy atom. The van der Waals surface area contributed by atoms with Crippen LogP contribution in [0.25, 0.3) is 11.1 Å². The molecule has 4 N–H and O–H groups in total. The third-order valence-corrected chi connectivity index (χ3v) is 3.28. The van der Waals surface area contributed by atoms with Crippen LogP contribution in [0.3, 0.4) is 0 Å². The summed E-state index contributed by atoms with van der Waals surface area (Å²) in [6.07, 6.45) is 0. The number of aryl methyl sites for hydroxylation is 1. The largest absolute Gasteiger partial charge is 0.475 e. The molecule has 0 saturated carbocycles. The molecule has 6 nitrogen and oxygen atoms in total. The summed E-state index contributed by atoms with van der Waals surface area (Å²) in [6.45, 7) is 7.67. The average molecular weight is 437 g/mol. The van der Waals surface area contributed by atoms with Crippen molar-refractivity contribution >= 4 is 41.2 Å². The molecule has 0 fully saturated rings. The molecule has 0 unspecified atom stereocenters. The quantitative estimate of drug-likeness (QED) is 0.364. The van der Waals surface area contributed by atoms with E-state index in [9.17, 15) is 4.79 Å². The van der Waals surface area contributed by atoms with E-state index in [-0.39, 0.29) is 11.1 Å². The standard InChI is InChI=1S/C18H20O2.C2H5NOS.CH3NOS/c1-13-9-11-14(12-10-13)15-7-5-6-8-16(15)17(19)20-18(2,3)4;1-4-2(3)5;2-1(3)4/h5-12H,1-4H3;1H3,(H2,3,5);(H3,2,3,4). The molecule has 0 heterocycles. The Hall–Kier alpha value is -2.58. The van der Waals surface area contributed by atoms with E-state index in [2.05, 4.69) is 35.3 Å². The van der Waals surface area contributed by atoms with Crippen molar-refractivity contribution in [3.8, 4) is 11.1 Å². The van der Waals surface area contributed by atoms with Crippen molar-refractivity contribution in [2.75, 3.05) is 7.11 Å². The van der Waals surface area contributed by atoms with Crippen LogP contribution in [0.15, 0.2) is 48.5 Å². The van der Waals surface area contributed by atoms with Gasteiger partial charge in [0.15, 0.2) is 0 Å². The molecular formula is C21H28N2O4S2. The summed E-state index contributed by atoms with van der Waals surface area (Å²) >= 11 is 7.36. The first-order chi connectivity index (χ1) is 13.4. The Balaban J connectivity index is 0.000000734. The van der Waals surface area contributed by atoms with Crippen LogP contribution in [0, 0.1) is 6.92 Å². The minimum absolute atomic E-state index is 0.0880. The number of carbonyl (C=O) groups excluding carboxylic acids is 2. The topological polar surface area (TPSA) is 105 Å². The molecule has 0 aliphatic carbocycles. The minimum atomic E-state index is -0.639. The lowest BCUT2D eigenvalue weighted by atomic mass is 9.99. The molecule has 2 aromatic carbocycles. The summed E-state index contributed by atoms with van der Waals surface area (Å²) in [7, 11) is 1.43. The number of hydrogen-bond donors (Lipinski definition) is 3. The van der Waals surface area contributed by atoms with Crippen molar-refractivity contribution in [2.24, 2.45) is 11.5 Å². The second kappa shape index (κ2) is 12.8. The van der Waals surface area contributed by atoms with Crippen LogP contribution in [-0.2, 0) is 9.47 Å². The maximum absolute atomic E-state index is 12.3. The van der Waals surface area contributed by atoms with E-state index >= 15 is 0 Å². The average Bonchev–Trinajstić information content (AvgIpc) is 2.61. The zero-order valence-corrected chi connectivity index (χ0v) is 19.0. The van der Waals surface area contributed by atoms with Crippen molar-refractivity contribution in [2.45, 2.75) is 33.3 Å². The molecule has 0 atom stereocenters. The van der Waals surface area contributed by atoms with Crippen molar-refractivity contribution < 1.29 is 19.1 Å². The van der Waals surface area contributed by atoms with E-state index in [4.69, 9.17) is 15.3 Å². The second-order valence-electron chi connectivity index (χ2n) is 6.77. The smallest absolute Gasteiger partial charge is 0.339 e. The van der Waals surface area contributed by atoms with E-state index < -0.39 is 10.8 Å². The summed E-state index contributed by atoms with van der Waals surface area (Å²) in [6, 6.07) is 15.7. The van der Waals surface area contributed by atoms with E-state index in [1.54, 1.807) is 0 Å². The molecule has 0 aliphatic heterocycles. The fourth-order valence-electron chi connectivity index (χ4n) is 1.98. The molecule has 0 saturated heterocycles. The Morgan fingerprint density at radius 1 is 1.00 bits per heavy atom. The van der Waals surface area contributed by atoms with Gasteiger partial charge in [0.25, 0.3) is 10.4 Å². The molecule has 158 valence electrons. The van der Waals surface area contributed by atoms with Crippen molar-refractivity contribution in [1.82, 2.24) is 0 Å². The number of benzene rings is 2. The maximum atomic E-state index is 12.3. The number of thiol groups is 1. The highest BCUT2D eigenvalue weighted by Gasteiger charge is 2.20. The molecule has 29 heavy (non-hydrogen) atoms. The fourth-order valence-corrected chi connectivity index (χ4v) is 1.98. The highest BCUT2D eigenvalue weighted by molar-refractivity contribution is 7.96. The number of rotatable bonds is 2. The maximum Gasteiger partial charge on any atom is 0.339 e. The van der Waals surface area contributed by atoms with Gasteiger partial charge >= 0.3 is 5.97 Å². The first-order valence-corrected chi connectivity index (χ1v) is 9.44. The van der Waals surface area contributed by atoms with E-state index in [1.165, 1.54) is 12.7 Å². The van der Waals surface area contributed by atoms with Crippen molar-refractivity contribution in [3.05, 3.63) is 59.7 Å². The van der Waals surface area contributed by atoms with Gasteiger partial charge in [0.05, 0.1) is 12.7 Å². The van der Waals surface area contributed by atoms with E-state index in [0.717, 1.165) is 11.1 Å². The lowest BCUT2D eigenvalue weighted by Crippen LogP contribution is -2.24. The molecular weight excluding hydrogens is 408 g/mol. The summed E-state index contributed by atoms with van der Waals surface area (Å²) in [4.78, 5) is 21.4. The predicted octanol–water partition coefficient (Wildman–Crippen LogP) is 4.49. The van der Waals surface area contributed by atoms with Crippen LogP contribution in [0.2, 0.25) is 0 Å². The molecule has 8 heteroatoms. The number of methoxy groups -OCH3 is 1. The van der Waals surface area contributed by atoms with Gasteiger partial charge in [-0.15, -0.1) is 0 Å². The van der Waals surface area contributed by atoms with Crippen LogP contribution in [0.5, 0.6) is 0 Å². The molecule has 0 aromatic heterocycles. The van der Waals surface area contributed by atoms with Gasteiger partial charge in [-0.3, -0.25) is 4.79 Å². The zero-order chi connectivity index (χ0) is 22.6. The molecule has 2 rings (SSSR count). The van der Waals surface area contributed by atoms with Crippen LogP contribution in [0.4, 0.5) is 4.79 Å². The van der Waals surface area contributed by atoms with Crippen LogP contribution in [-0.4, -0.2) is 29.1 Å². The molecule has 2 aromatic rings. The molecule has 0 aliphatic rings. The third kappa shape index (κ3) is 12.5. The van der Waals surface area contributed by atoms with Gasteiger partial charge in [-0.1, -0.05) is 60.7 Å². The number of ether oxygens (including phenoxy) is 2. The number of nitrogens with two attached hydrogens (primary N) is 2. The SMILES string of the molecule is COC(N)=S.Cc1ccc(-c2ccccc2C(=O)OC(C)(C)C)cc1.NC(=O)S. The van der Waals surface area contributed by atoms with Gasteiger partial charge in [-0.25, -0.2) is 4.79 Å².